The Hall–Kier alpha value is -2.69. The zero-order chi connectivity index (χ0) is 17.6. The smallest absolute Gasteiger partial charge is 0.231 e. The maximum absolute atomic E-state index is 11.9. The van der Waals surface area contributed by atoms with E-state index in [4.69, 9.17) is 14.2 Å². The second-order valence-corrected chi connectivity index (χ2v) is 6.15. The summed E-state index contributed by atoms with van der Waals surface area (Å²) in [7, 11) is 0. The Kier molecular flexibility index (Phi) is 5.43. The van der Waals surface area contributed by atoms with Gasteiger partial charge in [0.1, 0.15) is 5.75 Å². The van der Waals surface area contributed by atoms with Gasteiger partial charge in [-0.3, -0.25) is 4.79 Å². The Bertz CT molecular complexity index is 757. The zero-order valence-electron chi connectivity index (χ0n) is 14.6. The highest BCUT2D eigenvalue weighted by Gasteiger charge is 2.13. The summed E-state index contributed by atoms with van der Waals surface area (Å²) in [4.78, 5) is 11.9. The lowest BCUT2D eigenvalue weighted by atomic mass is 10.1. The van der Waals surface area contributed by atoms with E-state index in [1.165, 1.54) is 0 Å². The molecule has 0 saturated heterocycles. The molecule has 2 aromatic rings. The van der Waals surface area contributed by atoms with E-state index in [1.54, 1.807) is 0 Å². The lowest BCUT2D eigenvalue weighted by Gasteiger charge is -2.10. The molecule has 1 aliphatic heterocycles. The summed E-state index contributed by atoms with van der Waals surface area (Å²) < 4.78 is 16.4. The third-order valence-corrected chi connectivity index (χ3v) is 4.10. The number of ether oxygens (including phenoxy) is 3. The minimum absolute atomic E-state index is 0.00829. The largest absolute Gasteiger partial charge is 0.493 e. The van der Waals surface area contributed by atoms with Crippen LogP contribution in [-0.4, -0.2) is 25.9 Å². The number of rotatable bonds is 7. The maximum atomic E-state index is 11.9. The van der Waals surface area contributed by atoms with Crippen LogP contribution in [0.3, 0.4) is 0 Å². The monoisotopic (exact) mass is 341 g/mol. The molecule has 3 rings (SSSR count). The molecule has 1 amide bonds. The fourth-order valence-electron chi connectivity index (χ4n) is 2.65. The molecule has 0 aliphatic carbocycles. The first-order valence-corrected chi connectivity index (χ1v) is 8.47. The number of hydrogen-bond donors (Lipinski definition) is 1. The molecule has 2 aromatic carbocycles. The van der Waals surface area contributed by atoms with Crippen LogP contribution in [0.1, 0.15) is 23.1 Å². The summed E-state index contributed by atoms with van der Waals surface area (Å²) in [6.45, 7) is 5.26. The Morgan fingerprint density at radius 1 is 1.12 bits per heavy atom. The molecule has 0 aromatic heterocycles. The number of benzene rings is 2. The fourth-order valence-corrected chi connectivity index (χ4v) is 2.65. The van der Waals surface area contributed by atoms with Crippen molar-refractivity contribution in [3.8, 4) is 17.2 Å². The Morgan fingerprint density at radius 3 is 2.84 bits per heavy atom. The number of amides is 1. The van der Waals surface area contributed by atoms with Crippen LogP contribution in [0.5, 0.6) is 17.2 Å². The molecular weight excluding hydrogens is 318 g/mol. The Balaban J connectivity index is 1.37. The summed E-state index contributed by atoms with van der Waals surface area (Å²) in [6, 6.07) is 11.9. The number of aryl methyl sites for hydroxylation is 2. The van der Waals surface area contributed by atoms with E-state index < -0.39 is 0 Å². The van der Waals surface area contributed by atoms with Crippen molar-refractivity contribution in [3.05, 3.63) is 53.1 Å². The van der Waals surface area contributed by atoms with E-state index in [0.717, 1.165) is 40.4 Å². The molecule has 0 bridgehead atoms. The van der Waals surface area contributed by atoms with Gasteiger partial charge in [0.25, 0.3) is 0 Å². The van der Waals surface area contributed by atoms with E-state index in [2.05, 4.69) is 5.32 Å². The number of carbonyl (C=O) groups is 1. The number of carbonyl (C=O) groups excluding carboxylic acids is 1. The summed E-state index contributed by atoms with van der Waals surface area (Å²) in [5.41, 5.74) is 3.33. The van der Waals surface area contributed by atoms with Gasteiger partial charge in [-0.05, 0) is 55.2 Å². The van der Waals surface area contributed by atoms with Crippen LogP contribution in [0.2, 0.25) is 0 Å². The fraction of sp³-hybridized carbons (Fsp3) is 0.350. The van der Waals surface area contributed by atoms with Crippen molar-refractivity contribution in [2.45, 2.75) is 26.7 Å². The molecule has 0 spiro atoms. The lowest BCUT2D eigenvalue weighted by molar-refractivity contribution is -0.121. The normalized spacial score (nSPS) is 12.1. The van der Waals surface area contributed by atoms with E-state index >= 15 is 0 Å². The quantitative estimate of drug-likeness (QED) is 0.840. The standard InChI is InChI=1S/C20H23NO4/c1-14-3-4-15(2)18(11-14)23-10-8-20(22)21-9-7-16-5-6-17-19(12-16)25-13-24-17/h3-6,11-12H,7-10,13H2,1-2H3,(H,21,22). The van der Waals surface area contributed by atoms with Crippen LogP contribution in [0.4, 0.5) is 0 Å². The average Bonchev–Trinajstić information content (AvgIpc) is 3.06. The van der Waals surface area contributed by atoms with Crippen molar-refractivity contribution in [2.75, 3.05) is 19.9 Å². The highest BCUT2D eigenvalue weighted by molar-refractivity contribution is 5.76. The Morgan fingerprint density at radius 2 is 1.96 bits per heavy atom. The van der Waals surface area contributed by atoms with Gasteiger partial charge in [0.2, 0.25) is 12.7 Å². The van der Waals surface area contributed by atoms with Crippen molar-refractivity contribution >= 4 is 5.91 Å². The third-order valence-electron chi connectivity index (χ3n) is 4.10. The minimum Gasteiger partial charge on any atom is -0.493 e. The highest BCUT2D eigenvalue weighted by atomic mass is 16.7. The van der Waals surface area contributed by atoms with Crippen molar-refractivity contribution in [1.29, 1.82) is 0 Å². The molecule has 0 fully saturated rings. The SMILES string of the molecule is Cc1ccc(C)c(OCCC(=O)NCCc2ccc3c(c2)OCO3)c1. The first-order chi connectivity index (χ1) is 12.1. The first kappa shape index (κ1) is 17.1. The van der Waals surface area contributed by atoms with Crippen molar-refractivity contribution in [2.24, 2.45) is 0 Å². The van der Waals surface area contributed by atoms with Gasteiger partial charge in [0.15, 0.2) is 11.5 Å². The molecule has 0 radical (unpaired) electrons. The first-order valence-electron chi connectivity index (χ1n) is 8.47. The van der Waals surface area contributed by atoms with Gasteiger partial charge < -0.3 is 19.5 Å². The minimum atomic E-state index is -0.00829. The second kappa shape index (κ2) is 7.92. The molecule has 5 nitrogen and oxygen atoms in total. The van der Waals surface area contributed by atoms with Gasteiger partial charge in [-0.25, -0.2) is 0 Å². The molecule has 0 atom stereocenters. The van der Waals surface area contributed by atoms with Gasteiger partial charge in [0, 0.05) is 6.54 Å². The molecule has 5 heteroatoms. The number of nitrogens with one attached hydrogen (secondary N) is 1. The highest BCUT2D eigenvalue weighted by Crippen LogP contribution is 2.32. The number of fused-ring (bicyclic) bond motifs is 1. The second-order valence-electron chi connectivity index (χ2n) is 6.15. The van der Waals surface area contributed by atoms with E-state index in [1.807, 2.05) is 50.2 Å². The van der Waals surface area contributed by atoms with Crippen molar-refractivity contribution in [3.63, 3.8) is 0 Å². The molecule has 0 saturated carbocycles. The van der Waals surface area contributed by atoms with Gasteiger partial charge in [-0.1, -0.05) is 18.2 Å². The molecule has 0 unspecified atom stereocenters. The predicted octanol–water partition coefficient (Wildman–Crippen LogP) is 3.16. The Labute approximate surface area is 147 Å². The topological polar surface area (TPSA) is 56.8 Å². The third kappa shape index (κ3) is 4.66. The summed E-state index contributed by atoms with van der Waals surface area (Å²) in [5.74, 6) is 2.38. The van der Waals surface area contributed by atoms with Crippen LogP contribution in [0.15, 0.2) is 36.4 Å². The van der Waals surface area contributed by atoms with Crippen LogP contribution in [0.25, 0.3) is 0 Å². The molecule has 132 valence electrons. The lowest BCUT2D eigenvalue weighted by Crippen LogP contribution is -2.27. The van der Waals surface area contributed by atoms with Crippen LogP contribution >= 0.6 is 0 Å². The van der Waals surface area contributed by atoms with Crippen LogP contribution in [0, 0.1) is 13.8 Å². The summed E-state index contributed by atoms with van der Waals surface area (Å²) >= 11 is 0. The number of hydrogen-bond acceptors (Lipinski definition) is 4. The average molecular weight is 341 g/mol. The van der Waals surface area contributed by atoms with Crippen molar-refractivity contribution < 1.29 is 19.0 Å². The van der Waals surface area contributed by atoms with Crippen LogP contribution in [-0.2, 0) is 11.2 Å². The van der Waals surface area contributed by atoms with Gasteiger partial charge in [-0.15, -0.1) is 0 Å². The molecule has 1 aliphatic rings. The maximum Gasteiger partial charge on any atom is 0.231 e. The molecule has 1 N–H and O–H groups in total. The van der Waals surface area contributed by atoms with Crippen LogP contribution < -0.4 is 19.5 Å². The molecular formula is C20H23NO4. The molecule has 1 heterocycles. The summed E-state index contributed by atoms with van der Waals surface area (Å²) in [5, 5.41) is 2.92. The van der Waals surface area contributed by atoms with E-state index in [0.29, 0.717) is 19.6 Å². The summed E-state index contributed by atoms with van der Waals surface area (Å²) in [6.07, 6.45) is 1.09. The van der Waals surface area contributed by atoms with Gasteiger partial charge in [-0.2, -0.15) is 0 Å². The predicted molar refractivity (Wildman–Crippen MR) is 95.3 cm³/mol. The van der Waals surface area contributed by atoms with E-state index in [-0.39, 0.29) is 12.7 Å². The zero-order valence-corrected chi connectivity index (χ0v) is 14.6. The van der Waals surface area contributed by atoms with Gasteiger partial charge in [0.05, 0.1) is 13.0 Å². The van der Waals surface area contributed by atoms with Crippen molar-refractivity contribution in [1.82, 2.24) is 5.32 Å². The molecule has 25 heavy (non-hydrogen) atoms. The van der Waals surface area contributed by atoms with E-state index in [9.17, 15) is 4.79 Å². The van der Waals surface area contributed by atoms with Gasteiger partial charge >= 0.3 is 0 Å².